The minimum atomic E-state index is 0.180. The van der Waals surface area contributed by atoms with Crippen LogP contribution in [0.1, 0.15) is 32.1 Å². The number of nitrogens with two attached hydrogens (primary N) is 2. The molecule has 0 spiro atoms. The van der Waals surface area contributed by atoms with Crippen LogP contribution in [-0.4, -0.2) is 32.4 Å². The van der Waals surface area contributed by atoms with Crippen LogP contribution in [0.4, 0.5) is 5.82 Å². The van der Waals surface area contributed by atoms with Crippen molar-refractivity contribution in [1.29, 1.82) is 0 Å². The van der Waals surface area contributed by atoms with E-state index in [1.54, 1.807) is 0 Å². The predicted octanol–water partition coefficient (Wildman–Crippen LogP) is 3.96. The molecule has 10 heteroatoms. The second kappa shape index (κ2) is 8.24. The van der Waals surface area contributed by atoms with Crippen LogP contribution in [-0.2, 0) is 6.54 Å². The van der Waals surface area contributed by atoms with Gasteiger partial charge in [-0.05, 0) is 53.2 Å². The maximum Gasteiger partial charge on any atom is 0.231 e. The Labute approximate surface area is 186 Å². The van der Waals surface area contributed by atoms with Gasteiger partial charge in [0.1, 0.15) is 6.33 Å². The van der Waals surface area contributed by atoms with Gasteiger partial charge in [0.05, 0.1) is 0 Å². The zero-order valence-corrected chi connectivity index (χ0v) is 18.8. The molecule has 1 aromatic carbocycles. The molecule has 2 aromatic heterocycles. The number of hydrogen-bond acceptors (Lipinski definition) is 8. The highest BCUT2D eigenvalue weighted by Gasteiger charge is 2.24. The molecule has 1 fully saturated rings. The highest BCUT2D eigenvalue weighted by Crippen LogP contribution is 2.43. The van der Waals surface area contributed by atoms with E-state index in [1.807, 2.05) is 12.1 Å². The number of halogens is 1. The third kappa shape index (κ3) is 3.72. The van der Waals surface area contributed by atoms with Gasteiger partial charge in [0, 0.05) is 22.0 Å². The number of benzene rings is 1. The summed E-state index contributed by atoms with van der Waals surface area (Å²) >= 11 is 5.16. The smallest absolute Gasteiger partial charge is 0.231 e. The molecule has 1 aliphatic carbocycles. The second-order valence-electron chi connectivity index (χ2n) is 7.71. The van der Waals surface area contributed by atoms with E-state index in [9.17, 15) is 0 Å². The van der Waals surface area contributed by atoms with Gasteiger partial charge in [0.25, 0.3) is 0 Å². The van der Waals surface area contributed by atoms with Gasteiger partial charge in [-0.1, -0.05) is 24.6 Å². The summed E-state index contributed by atoms with van der Waals surface area (Å²) < 4.78 is 14.0. The number of rotatable bonds is 6. The zero-order valence-electron chi connectivity index (χ0n) is 16.4. The number of hydrogen-bond donors (Lipinski definition) is 2. The molecule has 1 atom stereocenters. The monoisotopic (exact) mass is 490 g/mol. The van der Waals surface area contributed by atoms with Gasteiger partial charge in [-0.25, -0.2) is 15.0 Å². The molecule has 1 aliphatic heterocycles. The normalized spacial score (nSPS) is 17.1. The molecule has 0 bridgehead atoms. The molecule has 1 saturated carbocycles. The van der Waals surface area contributed by atoms with Gasteiger partial charge in [0.2, 0.25) is 6.79 Å². The number of aromatic nitrogens is 4. The van der Waals surface area contributed by atoms with Crippen LogP contribution in [0.3, 0.4) is 0 Å². The van der Waals surface area contributed by atoms with Crippen molar-refractivity contribution in [1.82, 2.24) is 19.5 Å². The van der Waals surface area contributed by atoms with Crippen molar-refractivity contribution < 1.29 is 9.47 Å². The Balaban J connectivity index is 1.46. The minimum Gasteiger partial charge on any atom is -0.454 e. The van der Waals surface area contributed by atoms with Crippen molar-refractivity contribution in [2.75, 3.05) is 12.5 Å². The Morgan fingerprint density at radius 3 is 2.77 bits per heavy atom. The van der Waals surface area contributed by atoms with E-state index in [2.05, 4.69) is 30.5 Å². The Hall–Kier alpha value is -2.04. The molecule has 1 unspecified atom stereocenters. The van der Waals surface area contributed by atoms with E-state index < -0.39 is 0 Å². The molecule has 5 rings (SSSR count). The Morgan fingerprint density at radius 2 is 1.97 bits per heavy atom. The van der Waals surface area contributed by atoms with Crippen LogP contribution in [0, 0.1) is 5.92 Å². The molecule has 4 N–H and O–H groups in total. The van der Waals surface area contributed by atoms with E-state index in [1.165, 1.54) is 43.8 Å². The number of anilines is 1. The fourth-order valence-corrected chi connectivity index (χ4v) is 5.70. The number of imidazole rings is 1. The first-order valence-electron chi connectivity index (χ1n) is 10.1. The highest BCUT2D eigenvalue weighted by atomic mass is 79.9. The van der Waals surface area contributed by atoms with Crippen molar-refractivity contribution >= 4 is 44.7 Å². The number of fused-ring (bicyclic) bond motifs is 2. The van der Waals surface area contributed by atoms with E-state index in [0.29, 0.717) is 17.3 Å². The fourth-order valence-electron chi connectivity index (χ4n) is 4.19. The maximum absolute atomic E-state index is 6.52. The van der Waals surface area contributed by atoms with Crippen LogP contribution in [0.15, 0.2) is 33.0 Å². The summed E-state index contributed by atoms with van der Waals surface area (Å²) in [6.45, 7) is 0.967. The summed E-state index contributed by atoms with van der Waals surface area (Å²) in [6, 6.07) is 4.06. The van der Waals surface area contributed by atoms with Crippen molar-refractivity contribution in [2.45, 2.75) is 54.7 Å². The molecule has 30 heavy (non-hydrogen) atoms. The summed E-state index contributed by atoms with van der Waals surface area (Å²) in [5, 5.41) is 0.801. The third-order valence-electron chi connectivity index (χ3n) is 5.84. The number of aryl methyl sites for hydroxylation is 1. The third-order valence-corrected chi connectivity index (χ3v) is 7.82. The molecular weight excluding hydrogens is 468 g/mol. The Kier molecular flexibility index (Phi) is 5.46. The van der Waals surface area contributed by atoms with Gasteiger partial charge in [0.15, 0.2) is 33.6 Å². The minimum absolute atomic E-state index is 0.180. The lowest BCUT2D eigenvalue weighted by molar-refractivity contribution is 0.174. The van der Waals surface area contributed by atoms with Gasteiger partial charge in [-0.2, -0.15) is 0 Å². The summed E-state index contributed by atoms with van der Waals surface area (Å²) in [6.07, 6.45) is 7.39. The van der Waals surface area contributed by atoms with Gasteiger partial charge < -0.3 is 25.5 Å². The van der Waals surface area contributed by atoms with Crippen molar-refractivity contribution in [3.63, 3.8) is 0 Å². The topological polar surface area (TPSA) is 114 Å². The summed E-state index contributed by atoms with van der Waals surface area (Å²) in [5.41, 5.74) is 14.0. The Bertz CT molecular complexity index is 1080. The van der Waals surface area contributed by atoms with Gasteiger partial charge >= 0.3 is 0 Å². The number of nitrogen functional groups attached to an aromatic ring is 1. The lowest BCUT2D eigenvalue weighted by Crippen LogP contribution is -2.29. The average Bonchev–Trinajstić information content (AvgIpc) is 3.47. The van der Waals surface area contributed by atoms with Gasteiger partial charge in [-0.3, -0.25) is 0 Å². The molecule has 3 heterocycles. The Morgan fingerprint density at radius 1 is 1.20 bits per heavy atom. The zero-order chi connectivity index (χ0) is 20.7. The van der Waals surface area contributed by atoms with Crippen LogP contribution in [0.25, 0.3) is 11.2 Å². The second-order valence-corrected chi connectivity index (χ2v) is 9.58. The van der Waals surface area contributed by atoms with E-state index >= 15 is 0 Å². The van der Waals surface area contributed by atoms with Crippen molar-refractivity contribution in [3.05, 3.63) is 22.9 Å². The molecule has 158 valence electrons. The molecule has 0 radical (unpaired) electrons. The standard InChI is InChI=1S/C20H23BrN6O2S/c21-12-7-14-15(29-10-28-14)8-16(12)30-20-26-17-18(23)24-9-25-19(17)27(20)6-5-13(22)11-3-1-2-4-11/h7-9,11,13H,1-6,10,22H2,(H2,23,24,25). The van der Waals surface area contributed by atoms with E-state index in [-0.39, 0.29) is 12.8 Å². The average molecular weight is 491 g/mol. The van der Waals surface area contributed by atoms with Crippen molar-refractivity contribution in [2.24, 2.45) is 11.7 Å². The molecule has 0 amide bonds. The first-order valence-corrected chi connectivity index (χ1v) is 11.7. The van der Waals surface area contributed by atoms with Crippen LogP contribution < -0.4 is 20.9 Å². The van der Waals surface area contributed by atoms with E-state index in [4.69, 9.17) is 25.9 Å². The number of ether oxygens (including phenoxy) is 2. The van der Waals surface area contributed by atoms with Gasteiger partial charge in [-0.15, -0.1) is 0 Å². The highest BCUT2D eigenvalue weighted by molar-refractivity contribution is 9.10. The maximum atomic E-state index is 6.52. The summed E-state index contributed by atoms with van der Waals surface area (Å²) in [7, 11) is 0. The van der Waals surface area contributed by atoms with Crippen LogP contribution in [0.2, 0.25) is 0 Å². The molecule has 3 aromatic rings. The molecule has 8 nitrogen and oxygen atoms in total. The summed E-state index contributed by atoms with van der Waals surface area (Å²) in [4.78, 5) is 14.3. The quantitative estimate of drug-likeness (QED) is 0.533. The summed E-state index contributed by atoms with van der Waals surface area (Å²) in [5.74, 6) is 2.45. The lowest BCUT2D eigenvalue weighted by Gasteiger charge is -2.19. The molecule has 2 aliphatic rings. The van der Waals surface area contributed by atoms with Crippen LogP contribution in [0.5, 0.6) is 11.5 Å². The first-order chi connectivity index (χ1) is 14.6. The van der Waals surface area contributed by atoms with Crippen LogP contribution >= 0.6 is 27.7 Å². The first kappa shape index (κ1) is 19.9. The number of nitrogens with zero attached hydrogens (tertiary/aromatic N) is 4. The van der Waals surface area contributed by atoms with E-state index in [0.717, 1.165) is 44.6 Å². The molecular formula is C20H23BrN6O2S. The predicted molar refractivity (Wildman–Crippen MR) is 119 cm³/mol. The largest absolute Gasteiger partial charge is 0.454 e. The SMILES string of the molecule is Nc1ncnc2c1nc(Sc1cc3c(cc1Br)OCO3)n2CCC(N)C1CCCC1. The van der Waals surface area contributed by atoms with Crippen molar-refractivity contribution in [3.8, 4) is 11.5 Å². The fraction of sp³-hybridized carbons (Fsp3) is 0.450. The molecule has 0 saturated heterocycles. The lowest BCUT2D eigenvalue weighted by atomic mass is 9.96.